The molecule has 0 heterocycles. The van der Waals surface area contributed by atoms with E-state index in [1.165, 1.54) is 0 Å². The molecule has 0 aromatic rings. The van der Waals surface area contributed by atoms with Crippen LogP contribution in [0.2, 0.25) is 0 Å². The monoisotopic (exact) mass is 205 g/mol. The zero-order chi connectivity index (χ0) is 7.98. The van der Waals surface area contributed by atoms with E-state index in [4.69, 9.17) is 5.41 Å². The minimum absolute atomic E-state index is 0.681. The molecule has 0 spiro atoms. The first-order chi connectivity index (χ1) is 4.72. The molecule has 58 valence electrons. The minimum atomic E-state index is 0.681. The van der Waals surface area contributed by atoms with Crippen LogP contribution in [0.1, 0.15) is 19.8 Å². The summed E-state index contributed by atoms with van der Waals surface area (Å²) in [6, 6.07) is 0. The van der Waals surface area contributed by atoms with Crippen molar-refractivity contribution in [1.29, 1.82) is 5.41 Å². The van der Waals surface area contributed by atoms with Crippen LogP contribution in [-0.2, 0) is 0 Å². The number of quaternary nitrogens is 1. The van der Waals surface area contributed by atoms with Crippen molar-refractivity contribution >= 4 is 21.6 Å². The lowest BCUT2D eigenvalue weighted by Gasteiger charge is -1.96. The lowest BCUT2D eigenvalue weighted by Crippen LogP contribution is -2.73. The summed E-state index contributed by atoms with van der Waals surface area (Å²) in [4.78, 5) is 0. The maximum Gasteiger partial charge on any atom is 0.109 e. The first-order valence-electron chi connectivity index (χ1n) is 3.45. The number of hydrogen-bond donors (Lipinski definition) is 2. The molecule has 0 fully saturated rings. The van der Waals surface area contributed by atoms with Gasteiger partial charge in [0.05, 0.1) is 17.2 Å². The lowest BCUT2D eigenvalue weighted by atomic mass is 10.2. The van der Waals surface area contributed by atoms with E-state index in [1.807, 2.05) is 18.6 Å². The van der Waals surface area contributed by atoms with Gasteiger partial charge in [-0.3, -0.25) is 0 Å². The van der Waals surface area contributed by atoms with Crippen molar-refractivity contribution in [2.24, 2.45) is 0 Å². The highest BCUT2D eigenvalue weighted by Crippen LogP contribution is 2.07. The van der Waals surface area contributed by atoms with Crippen molar-refractivity contribution in [1.82, 2.24) is 0 Å². The number of nitrogens with one attached hydrogen (secondary N) is 1. The molecule has 0 radical (unpaired) electrons. The van der Waals surface area contributed by atoms with Gasteiger partial charge in [0.2, 0.25) is 0 Å². The summed E-state index contributed by atoms with van der Waals surface area (Å²) in [6.07, 6.45) is 3.79. The molecule has 2 nitrogen and oxygen atoms in total. The van der Waals surface area contributed by atoms with Crippen molar-refractivity contribution in [2.45, 2.75) is 19.8 Å². The van der Waals surface area contributed by atoms with Crippen LogP contribution in [0.25, 0.3) is 0 Å². The van der Waals surface area contributed by atoms with E-state index in [9.17, 15) is 0 Å². The van der Waals surface area contributed by atoms with Gasteiger partial charge in [0.15, 0.2) is 0 Å². The van der Waals surface area contributed by atoms with E-state index in [2.05, 4.69) is 22.9 Å². The average Bonchev–Trinajstić information content (AvgIpc) is 1.89. The van der Waals surface area contributed by atoms with Gasteiger partial charge in [0, 0.05) is 0 Å². The molecular weight excluding hydrogens is 192 g/mol. The summed E-state index contributed by atoms with van der Waals surface area (Å²) in [6.45, 7) is 2.07. The minimum Gasteiger partial charge on any atom is -0.321 e. The van der Waals surface area contributed by atoms with Crippen LogP contribution in [0.3, 0.4) is 0 Å². The molecule has 10 heavy (non-hydrogen) atoms. The van der Waals surface area contributed by atoms with E-state index in [0.717, 1.165) is 17.3 Å². The molecule has 0 unspecified atom stereocenters. The van der Waals surface area contributed by atoms with Crippen LogP contribution in [0, 0.1) is 5.41 Å². The van der Waals surface area contributed by atoms with Crippen molar-refractivity contribution in [3.63, 3.8) is 0 Å². The Kier molecular flexibility index (Phi) is 5.54. The maximum absolute atomic E-state index is 7.46. The molecular formula is C7H14BrN2+. The molecule has 3 heteroatoms. The highest BCUT2D eigenvalue weighted by atomic mass is 79.9. The topological polar surface area (TPSA) is 40.5 Å². The predicted molar refractivity (Wildman–Crippen MR) is 47.5 cm³/mol. The van der Waals surface area contributed by atoms with Crippen LogP contribution in [-0.4, -0.2) is 12.8 Å². The molecule has 0 aromatic carbocycles. The second-order valence-electron chi connectivity index (χ2n) is 2.08. The zero-order valence-corrected chi connectivity index (χ0v) is 8.03. The summed E-state index contributed by atoms with van der Waals surface area (Å²) >= 11 is 3.31. The molecule has 0 rings (SSSR count). The van der Waals surface area contributed by atoms with Crippen molar-refractivity contribution in [3.05, 3.63) is 10.7 Å². The first-order valence-corrected chi connectivity index (χ1v) is 4.24. The molecule has 0 atom stereocenters. The molecule has 0 aliphatic rings. The van der Waals surface area contributed by atoms with Crippen LogP contribution < -0.4 is 5.32 Å². The van der Waals surface area contributed by atoms with Crippen LogP contribution in [0.4, 0.5) is 0 Å². The summed E-state index contributed by atoms with van der Waals surface area (Å²) in [5.41, 5.74) is 0.681. The fourth-order valence-corrected chi connectivity index (χ4v) is 1.08. The molecule has 0 amide bonds. The Morgan fingerprint density at radius 1 is 1.70 bits per heavy atom. The van der Waals surface area contributed by atoms with Crippen molar-refractivity contribution in [2.75, 3.05) is 7.05 Å². The van der Waals surface area contributed by atoms with E-state index >= 15 is 0 Å². The van der Waals surface area contributed by atoms with Crippen LogP contribution in [0.5, 0.6) is 0 Å². The third kappa shape index (κ3) is 3.80. The van der Waals surface area contributed by atoms with E-state index < -0.39 is 0 Å². The Morgan fingerprint density at radius 3 is 2.70 bits per heavy atom. The second-order valence-corrected chi connectivity index (χ2v) is 2.93. The third-order valence-corrected chi connectivity index (χ3v) is 1.84. The molecule has 0 aliphatic heterocycles. The average molecular weight is 206 g/mol. The smallest absolute Gasteiger partial charge is 0.109 e. The Morgan fingerprint density at radius 2 is 2.30 bits per heavy atom. The SMILES string of the molecule is CCCC(=N)/C(Br)=C\[NH2+]C. The number of halogens is 1. The van der Waals surface area contributed by atoms with Gasteiger partial charge in [-0.1, -0.05) is 13.3 Å². The molecule has 0 aromatic heterocycles. The standard InChI is InChI=1S/C7H13BrN2/c1-3-4-7(9)6(8)5-10-2/h5,9-10H,3-4H2,1-2H3/p+1/b6-5+,9-7?. The molecule has 0 aliphatic carbocycles. The quantitative estimate of drug-likeness (QED) is 0.649. The first kappa shape index (κ1) is 9.85. The van der Waals surface area contributed by atoms with Gasteiger partial charge < -0.3 is 10.7 Å². The van der Waals surface area contributed by atoms with Crippen molar-refractivity contribution in [3.8, 4) is 0 Å². The van der Waals surface area contributed by atoms with Gasteiger partial charge >= 0.3 is 0 Å². The maximum atomic E-state index is 7.46. The van der Waals surface area contributed by atoms with E-state index in [0.29, 0.717) is 5.71 Å². The Labute approximate surface area is 70.3 Å². The second kappa shape index (κ2) is 5.62. The zero-order valence-electron chi connectivity index (χ0n) is 6.45. The normalized spacial score (nSPS) is 11.7. The summed E-state index contributed by atoms with van der Waals surface area (Å²) in [5.74, 6) is 0. The Bertz CT molecular complexity index is 141. The summed E-state index contributed by atoms with van der Waals surface area (Å²) in [5, 5.41) is 9.39. The lowest BCUT2D eigenvalue weighted by molar-refractivity contribution is -0.556. The van der Waals surface area contributed by atoms with E-state index in [1.54, 1.807) is 0 Å². The van der Waals surface area contributed by atoms with Gasteiger partial charge in [-0.2, -0.15) is 0 Å². The fourth-order valence-electron chi connectivity index (χ4n) is 0.616. The largest absolute Gasteiger partial charge is 0.321 e. The molecule has 0 saturated heterocycles. The van der Waals surface area contributed by atoms with Gasteiger partial charge in [-0.25, -0.2) is 0 Å². The van der Waals surface area contributed by atoms with Crippen LogP contribution in [0.15, 0.2) is 10.7 Å². The summed E-state index contributed by atoms with van der Waals surface area (Å²) < 4.78 is 0.900. The van der Waals surface area contributed by atoms with Gasteiger partial charge in [-0.05, 0) is 22.4 Å². The van der Waals surface area contributed by atoms with Gasteiger partial charge in [0.25, 0.3) is 0 Å². The predicted octanol–water partition coefficient (Wildman–Crippen LogP) is 1.24. The number of rotatable bonds is 4. The van der Waals surface area contributed by atoms with Crippen LogP contribution >= 0.6 is 15.9 Å². The number of allylic oxidation sites excluding steroid dienone is 1. The third-order valence-electron chi connectivity index (χ3n) is 1.10. The molecule has 3 N–H and O–H groups in total. The number of hydrogen-bond acceptors (Lipinski definition) is 1. The fraction of sp³-hybridized carbons (Fsp3) is 0.571. The van der Waals surface area contributed by atoms with Gasteiger partial charge in [-0.15, -0.1) is 0 Å². The highest BCUT2D eigenvalue weighted by molar-refractivity contribution is 9.12. The molecule has 0 bridgehead atoms. The number of nitrogens with two attached hydrogens (primary N) is 1. The molecule has 0 saturated carbocycles. The Hall–Kier alpha value is -0.150. The highest BCUT2D eigenvalue weighted by Gasteiger charge is 1.99. The Balaban J connectivity index is 3.82. The van der Waals surface area contributed by atoms with E-state index in [-0.39, 0.29) is 0 Å². The van der Waals surface area contributed by atoms with Gasteiger partial charge in [0.1, 0.15) is 6.20 Å². The van der Waals surface area contributed by atoms with Crippen molar-refractivity contribution < 1.29 is 5.32 Å². The summed E-state index contributed by atoms with van der Waals surface area (Å²) in [7, 11) is 1.94.